The van der Waals surface area contributed by atoms with Crippen molar-refractivity contribution in [2.24, 2.45) is 0 Å². The molecule has 1 N–H and O–H groups in total. The summed E-state index contributed by atoms with van der Waals surface area (Å²) in [7, 11) is 0. The van der Waals surface area contributed by atoms with Crippen LogP contribution >= 0.6 is 24.0 Å². The van der Waals surface area contributed by atoms with Crippen LogP contribution in [0.3, 0.4) is 0 Å². The first-order valence-corrected chi connectivity index (χ1v) is 5.32. The number of carbonyl (C=O) groups is 1. The average molecular weight is 225 g/mol. The Morgan fingerprint density at radius 3 is 2.93 bits per heavy atom. The number of nitrogens with zero attached hydrogens (tertiary/aromatic N) is 1. The molecule has 1 aromatic carbocycles. The second kappa shape index (κ2) is 3.59. The number of amides is 1. The zero-order valence-corrected chi connectivity index (χ0v) is 8.72. The number of para-hydroxylation sites is 1. The molecule has 0 aliphatic carbocycles. The van der Waals surface area contributed by atoms with Gasteiger partial charge < -0.3 is 5.11 Å². The molecule has 0 radical (unpaired) electrons. The average Bonchev–Trinajstić information content (AvgIpc) is 2.55. The molecule has 0 saturated heterocycles. The SMILES string of the molecule is O=C(O)N1c2ccccc2SC1C=S. The molecule has 0 fully saturated rings. The van der Waals surface area contributed by atoms with E-state index in [1.807, 2.05) is 18.2 Å². The van der Waals surface area contributed by atoms with Crippen molar-refractivity contribution < 1.29 is 9.90 Å². The molecule has 1 aromatic rings. The Bertz CT molecular complexity index is 394. The quantitative estimate of drug-likeness (QED) is 0.746. The van der Waals surface area contributed by atoms with Gasteiger partial charge >= 0.3 is 6.09 Å². The van der Waals surface area contributed by atoms with Gasteiger partial charge in [-0.2, -0.15) is 0 Å². The van der Waals surface area contributed by atoms with Crippen molar-refractivity contribution in [2.75, 3.05) is 4.90 Å². The Morgan fingerprint density at radius 2 is 2.29 bits per heavy atom. The molecular weight excluding hydrogens is 218 g/mol. The van der Waals surface area contributed by atoms with Gasteiger partial charge in [0.1, 0.15) is 5.37 Å². The third-order valence-electron chi connectivity index (χ3n) is 1.95. The van der Waals surface area contributed by atoms with Crippen molar-refractivity contribution in [1.29, 1.82) is 0 Å². The second-order valence-electron chi connectivity index (χ2n) is 2.76. The maximum Gasteiger partial charge on any atom is 0.413 e. The predicted octanol–water partition coefficient (Wildman–Crippen LogP) is 2.60. The lowest BCUT2D eigenvalue weighted by molar-refractivity contribution is 0.202. The Morgan fingerprint density at radius 1 is 1.57 bits per heavy atom. The summed E-state index contributed by atoms with van der Waals surface area (Å²) < 4.78 is 0. The lowest BCUT2D eigenvalue weighted by atomic mass is 10.3. The van der Waals surface area contributed by atoms with E-state index in [-0.39, 0.29) is 5.37 Å². The van der Waals surface area contributed by atoms with Crippen molar-refractivity contribution in [3.63, 3.8) is 0 Å². The van der Waals surface area contributed by atoms with E-state index in [9.17, 15) is 4.79 Å². The van der Waals surface area contributed by atoms with Crippen molar-refractivity contribution in [3.05, 3.63) is 24.3 Å². The summed E-state index contributed by atoms with van der Waals surface area (Å²) in [5, 5.41) is 10.2. The van der Waals surface area contributed by atoms with Crippen LogP contribution in [-0.4, -0.2) is 21.9 Å². The molecule has 0 bridgehead atoms. The summed E-state index contributed by atoms with van der Waals surface area (Å²) in [6.07, 6.45) is -0.964. The van der Waals surface area contributed by atoms with Gasteiger partial charge in [0.2, 0.25) is 0 Å². The molecule has 1 unspecified atom stereocenters. The van der Waals surface area contributed by atoms with E-state index in [4.69, 9.17) is 17.3 Å². The monoisotopic (exact) mass is 225 g/mol. The lowest BCUT2D eigenvalue weighted by Crippen LogP contribution is -2.34. The van der Waals surface area contributed by atoms with Gasteiger partial charge in [0.25, 0.3) is 0 Å². The highest BCUT2D eigenvalue weighted by Gasteiger charge is 2.32. The van der Waals surface area contributed by atoms with Gasteiger partial charge in [-0.1, -0.05) is 36.1 Å². The third-order valence-corrected chi connectivity index (χ3v) is 3.57. The minimum atomic E-state index is -0.964. The summed E-state index contributed by atoms with van der Waals surface area (Å²) in [5.74, 6) is 0. The molecule has 0 aromatic heterocycles. The summed E-state index contributed by atoms with van der Waals surface area (Å²) in [4.78, 5) is 13.2. The molecule has 1 aliphatic rings. The first-order chi connectivity index (χ1) is 6.74. The Kier molecular flexibility index (Phi) is 2.43. The fraction of sp³-hybridized carbons (Fsp3) is 0.111. The molecule has 1 amide bonds. The minimum Gasteiger partial charge on any atom is -0.465 e. The van der Waals surface area contributed by atoms with Gasteiger partial charge in [-0.3, -0.25) is 4.90 Å². The number of fused-ring (bicyclic) bond motifs is 1. The Hall–Kier alpha value is -1.07. The largest absolute Gasteiger partial charge is 0.465 e. The van der Waals surface area contributed by atoms with Crippen LogP contribution in [0.1, 0.15) is 0 Å². The standard InChI is InChI=1S/C9H7NO2S2/c11-9(12)10-6-3-1-2-4-7(6)14-8(10)5-13/h1-5,8H,(H,11,12). The summed E-state index contributed by atoms with van der Waals surface area (Å²) in [5.41, 5.74) is 0.719. The summed E-state index contributed by atoms with van der Waals surface area (Å²) >= 11 is 6.26. The zero-order valence-electron chi connectivity index (χ0n) is 7.08. The van der Waals surface area contributed by atoms with Gasteiger partial charge in [-0.05, 0) is 12.1 Å². The normalized spacial score (nSPS) is 19.1. The fourth-order valence-corrected chi connectivity index (χ4v) is 2.73. The molecule has 14 heavy (non-hydrogen) atoms. The third kappa shape index (κ3) is 1.38. The van der Waals surface area contributed by atoms with Crippen LogP contribution < -0.4 is 4.90 Å². The maximum atomic E-state index is 11.0. The minimum absolute atomic E-state index is 0.278. The second-order valence-corrected chi connectivity index (χ2v) is 4.20. The maximum absolute atomic E-state index is 11.0. The highest BCUT2D eigenvalue weighted by molar-refractivity contribution is 8.02. The highest BCUT2D eigenvalue weighted by atomic mass is 32.2. The number of hydrogen-bond donors (Lipinski definition) is 1. The predicted molar refractivity (Wildman–Crippen MR) is 60.2 cm³/mol. The number of carboxylic acid groups (broad SMARTS) is 1. The molecule has 5 heteroatoms. The number of hydrogen-bond acceptors (Lipinski definition) is 3. The summed E-state index contributed by atoms with van der Waals surface area (Å²) in [6, 6.07) is 7.39. The number of thiocarbonyl (C=S) groups is 1. The van der Waals surface area contributed by atoms with E-state index < -0.39 is 6.09 Å². The van der Waals surface area contributed by atoms with E-state index in [0.717, 1.165) is 10.6 Å². The molecule has 1 aliphatic heterocycles. The van der Waals surface area contributed by atoms with E-state index in [1.54, 1.807) is 6.07 Å². The molecule has 0 spiro atoms. The first-order valence-electron chi connectivity index (χ1n) is 3.97. The van der Waals surface area contributed by atoms with Crippen LogP contribution in [0.2, 0.25) is 0 Å². The van der Waals surface area contributed by atoms with Crippen molar-refractivity contribution >= 4 is 41.1 Å². The van der Waals surface area contributed by atoms with Gasteiger partial charge in [0, 0.05) is 10.3 Å². The molecular formula is C9H7NO2S2. The number of rotatable bonds is 1. The van der Waals surface area contributed by atoms with Crippen LogP contribution in [0.25, 0.3) is 0 Å². The number of benzene rings is 1. The van der Waals surface area contributed by atoms with Crippen LogP contribution in [0.5, 0.6) is 0 Å². The van der Waals surface area contributed by atoms with E-state index in [2.05, 4.69) is 0 Å². The van der Waals surface area contributed by atoms with Gasteiger partial charge in [-0.25, -0.2) is 4.79 Å². The molecule has 0 saturated carbocycles. The van der Waals surface area contributed by atoms with Crippen molar-refractivity contribution in [3.8, 4) is 0 Å². The Labute approximate surface area is 90.7 Å². The number of thioether (sulfide) groups is 1. The van der Waals surface area contributed by atoms with E-state index in [0.29, 0.717) is 0 Å². The van der Waals surface area contributed by atoms with Crippen LogP contribution in [0.4, 0.5) is 10.5 Å². The van der Waals surface area contributed by atoms with Crippen LogP contribution in [0.15, 0.2) is 29.2 Å². The molecule has 2 rings (SSSR count). The van der Waals surface area contributed by atoms with Crippen LogP contribution in [-0.2, 0) is 0 Å². The van der Waals surface area contributed by atoms with E-state index in [1.165, 1.54) is 22.0 Å². The lowest BCUT2D eigenvalue weighted by Gasteiger charge is -2.16. The van der Waals surface area contributed by atoms with Gasteiger partial charge in [0.15, 0.2) is 0 Å². The topological polar surface area (TPSA) is 40.5 Å². The fourth-order valence-electron chi connectivity index (χ4n) is 1.38. The highest BCUT2D eigenvalue weighted by Crippen LogP contribution is 2.42. The molecule has 1 heterocycles. The van der Waals surface area contributed by atoms with Gasteiger partial charge in [0.05, 0.1) is 5.69 Å². The van der Waals surface area contributed by atoms with E-state index >= 15 is 0 Å². The van der Waals surface area contributed by atoms with Crippen molar-refractivity contribution in [1.82, 2.24) is 0 Å². The molecule has 3 nitrogen and oxygen atoms in total. The van der Waals surface area contributed by atoms with Gasteiger partial charge in [-0.15, -0.1) is 0 Å². The number of anilines is 1. The van der Waals surface area contributed by atoms with Crippen molar-refractivity contribution in [2.45, 2.75) is 10.3 Å². The Balaban J connectivity index is 2.47. The summed E-state index contributed by atoms with van der Waals surface area (Å²) in [6.45, 7) is 0. The van der Waals surface area contributed by atoms with Crippen LogP contribution in [0, 0.1) is 0 Å². The first kappa shape index (κ1) is 9.48. The molecule has 72 valence electrons. The molecule has 1 atom stereocenters. The smallest absolute Gasteiger partial charge is 0.413 e. The zero-order chi connectivity index (χ0) is 10.1.